The van der Waals surface area contributed by atoms with Gasteiger partial charge in [-0.05, 0) is 30.5 Å². The van der Waals surface area contributed by atoms with Crippen molar-refractivity contribution >= 4 is 5.69 Å². The van der Waals surface area contributed by atoms with Crippen molar-refractivity contribution in [3.05, 3.63) is 29.5 Å². The maximum Gasteiger partial charge on any atom is 0.241 e. The molecule has 2 rings (SSSR count). The molecule has 0 saturated heterocycles. The number of aromatic nitrogens is 2. The molecule has 5 nitrogen and oxygen atoms in total. The molecule has 5 heteroatoms. The molecule has 0 radical (unpaired) electrons. The molecule has 0 aliphatic carbocycles. The molecule has 0 aliphatic heterocycles. The lowest BCUT2D eigenvalue weighted by Gasteiger charge is -2.11. The number of benzene rings is 1. The fourth-order valence-electron chi connectivity index (χ4n) is 2.06. The van der Waals surface area contributed by atoms with E-state index in [1.165, 1.54) is 0 Å². The second kappa shape index (κ2) is 5.45. The second-order valence-corrected chi connectivity index (χ2v) is 5.14. The van der Waals surface area contributed by atoms with E-state index in [1.807, 2.05) is 32.2 Å². The summed E-state index contributed by atoms with van der Waals surface area (Å²) < 4.78 is 12.9. The van der Waals surface area contributed by atoms with E-state index in [9.17, 15) is 0 Å². The number of anilines is 1. The van der Waals surface area contributed by atoms with Crippen LogP contribution in [0.2, 0.25) is 0 Å². The van der Waals surface area contributed by atoms with Gasteiger partial charge in [-0.25, -0.2) is 4.68 Å². The Morgan fingerprint density at radius 2 is 1.95 bits per heavy atom. The lowest BCUT2D eigenvalue weighted by Crippen LogP contribution is -1.98. The van der Waals surface area contributed by atoms with Crippen molar-refractivity contribution < 1.29 is 9.47 Å². The van der Waals surface area contributed by atoms with Gasteiger partial charge >= 0.3 is 0 Å². The molecule has 2 aromatic rings. The Bertz CT molecular complexity index is 618. The molecule has 0 unspecified atom stereocenters. The Balaban J connectivity index is 2.40. The fourth-order valence-corrected chi connectivity index (χ4v) is 2.06. The minimum atomic E-state index is 0.249. The molecule has 0 fully saturated rings. The van der Waals surface area contributed by atoms with E-state index in [2.05, 4.69) is 18.9 Å². The van der Waals surface area contributed by atoms with Gasteiger partial charge in [0.2, 0.25) is 5.88 Å². The number of ether oxygens (including phenoxy) is 2. The normalized spacial score (nSPS) is 10.9. The minimum absolute atomic E-state index is 0.249. The van der Waals surface area contributed by atoms with E-state index in [1.54, 1.807) is 11.8 Å². The molecule has 20 heavy (non-hydrogen) atoms. The molecule has 0 amide bonds. The Kier molecular flexibility index (Phi) is 3.88. The molecule has 0 spiro atoms. The summed E-state index contributed by atoms with van der Waals surface area (Å²) in [5.74, 6) is 2.09. The van der Waals surface area contributed by atoms with Crippen LogP contribution in [0.1, 0.15) is 31.0 Å². The first kappa shape index (κ1) is 14.2. The fraction of sp³-hybridized carbons (Fsp3) is 0.400. The quantitative estimate of drug-likeness (QED) is 0.930. The van der Waals surface area contributed by atoms with Crippen LogP contribution in [0.15, 0.2) is 18.2 Å². The average molecular weight is 275 g/mol. The summed E-state index contributed by atoms with van der Waals surface area (Å²) in [6.45, 7) is 6.10. The van der Waals surface area contributed by atoms with Crippen LogP contribution in [0.4, 0.5) is 5.69 Å². The highest BCUT2D eigenvalue weighted by Gasteiger charge is 2.19. The van der Waals surface area contributed by atoms with Crippen LogP contribution in [0.5, 0.6) is 17.4 Å². The van der Waals surface area contributed by atoms with E-state index in [0.29, 0.717) is 23.1 Å². The maximum absolute atomic E-state index is 6.13. The first-order valence-electron chi connectivity index (χ1n) is 6.59. The number of aryl methyl sites for hydroxylation is 2. The molecule has 1 aromatic heterocycles. The first-order chi connectivity index (χ1) is 9.43. The Hall–Kier alpha value is -2.17. The lowest BCUT2D eigenvalue weighted by molar-refractivity contribution is 0.366. The van der Waals surface area contributed by atoms with Crippen molar-refractivity contribution in [3.63, 3.8) is 0 Å². The molecule has 0 atom stereocenters. The SMILES string of the molecule is COc1cc(C)ccc1Oc1c(N)c(C(C)C)nn1C. The van der Waals surface area contributed by atoms with Crippen LogP contribution in [0.3, 0.4) is 0 Å². The number of nitrogens with zero attached hydrogens (tertiary/aromatic N) is 2. The first-order valence-corrected chi connectivity index (χ1v) is 6.59. The summed E-state index contributed by atoms with van der Waals surface area (Å²) in [5, 5.41) is 4.40. The third-order valence-corrected chi connectivity index (χ3v) is 3.13. The predicted octanol–water partition coefficient (Wildman–Crippen LogP) is 3.24. The van der Waals surface area contributed by atoms with Crippen molar-refractivity contribution in [2.75, 3.05) is 12.8 Å². The molecular weight excluding hydrogens is 254 g/mol. The van der Waals surface area contributed by atoms with Crippen molar-refractivity contribution in [2.45, 2.75) is 26.7 Å². The van der Waals surface area contributed by atoms with Gasteiger partial charge in [-0.15, -0.1) is 0 Å². The largest absolute Gasteiger partial charge is 0.493 e. The highest BCUT2D eigenvalue weighted by molar-refractivity contribution is 5.56. The van der Waals surface area contributed by atoms with Gasteiger partial charge in [0.1, 0.15) is 5.69 Å². The Morgan fingerprint density at radius 3 is 2.50 bits per heavy atom. The third kappa shape index (κ3) is 2.57. The molecule has 0 saturated carbocycles. The summed E-state index contributed by atoms with van der Waals surface area (Å²) in [6, 6.07) is 5.76. The Morgan fingerprint density at radius 1 is 1.25 bits per heavy atom. The summed E-state index contributed by atoms with van der Waals surface area (Å²) in [4.78, 5) is 0. The van der Waals surface area contributed by atoms with Crippen LogP contribution < -0.4 is 15.2 Å². The number of nitrogens with two attached hydrogens (primary N) is 1. The smallest absolute Gasteiger partial charge is 0.241 e. The number of nitrogen functional groups attached to an aromatic ring is 1. The summed E-state index contributed by atoms with van der Waals surface area (Å²) in [7, 11) is 3.44. The van der Waals surface area contributed by atoms with Crippen LogP contribution in [0, 0.1) is 6.92 Å². The third-order valence-electron chi connectivity index (χ3n) is 3.13. The van der Waals surface area contributed by atoms with E-state index in [-0.39, 0.29) is 5.92 Å². The number of methoxy groups -OCH3 is 1. The molecule has 1 heterocycles. The molecule has 0 bridgehead atoms. The lowest BCUT2D eigenvalue weighted by atomic mass is 10.1. The predicted molar refractivity (Wildman–Crippen MR) is 79.5 cm³/mol. The monoisotopic (exact) mass is 275 g/mol. The zero-order chi connectivity index (χ0) is 14.9. The van der Waals surface area contributed by atoms with Crippen LogP contribution >= 0.6 is 0 Å². The van der Waals surface area contributed by atoms with Gasteiger partial charge in [0.05, 0.1) is 12.8 Å². The molecule has 2 N–H and O–H groups in total. The highest BCUT2D eigenvalue weighted by atomic mass is 16.5. The van der Waals surface area contributed by atoms with E-state index in [4.69, 9.17) is 15.2 Å². The molecule has 108 valence electrons. The summed E-state index contributed by atoms with van der Waals surface area (Å²) in [5.41, 5.74) is 8.65. The van der Waals surface area contributed by atoms with Gasteiger partial charge < -0.3 is 15.2 Å². The van der Waals surface area contributed by atoms with E-state index >= 15 is 0 Å². The average Bonchev–Trinajstić information content (AvgIpc) is 2.68. The highest BCUT2D eigenvalue weighted by Crippen LogP contribution is 2.37. The minimum Gasteiger partial charge on any atom is -0.493 e. The van der Waals surface area contributed by atoms with Crippen LogP contribution in [0.25, 0.3) is 0 Å². The van der Waals surface area contributed by atoms with Gasteiger partial charge in [0.25, 0.3) is 0 Å². The van der Waals surface area contributed by atoms with Crippen molar-refractivity contribution in [2.24, 2.45) is 7.05 Å². The molecular formula is C15H21N3O2. The summed E-state index contributed by atoms with van der Waals surface area (Å²) in [6.07, 6.45) is 0. The van der Waals surface area contributed by atoms with Crippen LogP contribution in [-0.4, -0.2) is 16.9 Å². The van der Waals surface area contributed by atoms with Gasteiger partial charge in [-0.3, -0.25) is 0 Å². The molecule has 0 aliphatic rings. The van der Waals surface area contributed by atoms with Gasteiger partial charge in [-0.1, -0.05) is 19.9 Å². The van der Waals surface area contributed by atoms with Gasteiger partial charge in [0.15, 0.2) is 11.5 Å². The zero-order valence-electron chi connectivity index (χ0n) is 12.6. The number of rotatable bonds is 4. The number of hydrogen-bond donors (Lipinski definition) is 1. The van der Waals surface area contributed by atoms with Gasteiger partial charge in [0, 0.05) is 7.05 Å². The van der Waals surface area contributed by atoms with E-state index in [0.717, 1.165) is 11.3 Å². The topological polar surface area (TPSA) is 62.3 Å². The van der Waals surface area contributed by atoms with Crippen molar-refractivity contribution in [1.82, 2.24) is 9.78 Å². The van der Waals surface area contributed by atoms with Crippen LogP contribution in [-0.2, 0) is 7.05 Å². The standard InChI is InChI=1S/C15H21N3O2/c1-9(2)14-13(16)15(18(4)17-14)20-11-7-6-10(3)8-12(11)19-5/h6-9H,16H2,1-5H3. The second-order valence-electron chi connectivity index (χ2n) is 5.14. The summed E-state index contributed by atoms with van der Waals surface area (Å²) >= 11 is 0. The molecule has 1 aromatic carbocycles. The van der Waals surface area contributed by atoms with E-state index < -0.39 is 0 Å². The van der Waals surface area contributed by atoms with Crippen molar-refractivity contribution in [3.8, 4) is 17.4 Å². The maximum atomic E-state index is 6.13. The number of hydrogen-bond acceptors (Lipinski definition) is 4. The Labute approximate surface area is 119 Å². The van der Waals surface area contributed by atoms with Crippen molar-refractivity contribution in [1.29, 1.82) is 0 Å². The van der Waals surface area contributed by atoms with Gasteiger partial charge in [-0.2, -0.15) is 5.10 Å². The zero-order valence-corrected chi connectivity index (χ0v) is 12.6.